The number of H-pyrrole nitrogens is 1. The summed E-state index contributed by atoms with van der Waals surface area (Å²) in [6, 6.07) is 0. The van der Waals surface area contributed by atoms with Crippen molar-refractivity contribution in [1.82, 2.24) is 9.97 Å². The monoisotopic (exact) mass is 140 g/mol. The number of oxime groups is 1. The smallest absolute Gasteiger partial charge is 0.190 e. The average Bonchev–Trinajstić information content (AvgIpc) is 2.34. The van der Waals surface area contributed by atoms with Crippen molar-refractivity contribution in [2.75, 3.05) is 0 Å². The van der Waals surface area contributed by atoms with E-state index in [0.29, 0.717) is 5.69 Å². The highest BCUT2D eigenvalue weighted by molar-refractivity contribution is 5.96. The Balaban J connectivity index is 3.05. The van der Waals surface area contributed by atoms with E-state index in [-0.39, 0.29) is 5.84 Å². The van der Waals surface area contributed by atoms with Crippen LogP contribution in [0.15, 0.2) is 11.5 Å². The number of nitrogens with two attached hydrogens (primary N) is 1. The van der Waals surface area contributed by atoms with Crippen LogP contribution in [0.4, 0.5) is 0 Å². The third-order valence-electron chi connectivity index (χ3n) is 1.18. The molecule has 5 heteroatoms. The number of hydrogen-bond acceptors (Lipinski definition) is 3. The predicted octanol–water partition coefficient (Wildman–Crippen LogP) is -0.187. The molecule has 0 amide bonds. The zero-order valence-corrected chi connectivity index (χ0v) is 5.50. The van der Waals surface area contributed by atoms with Crippen molar-refractivity contribution in [2.24, 2.45) is 10.9 Å². The number of aromatic nitrogens is 2. The molecule has 1 aromatic heterocycles. The Morgan fingerprint density at radius 2 is 2.60 bits per heavy atom. The van der Waals surface area contributed by atoms with Gasteiger partial charge in [0.1, 0.15) is 5.69 Å². The fourth-order valence-electron chi connectivity index (χ4n) is 0.664. The second-order valence-electron chi connectivity index (χ2n) is 1.86. The molecule has 0 radical (unpaired) electrons. The molecule has 0 unspecified atom stereocenters. The third kappa shape index (κ3) is 0.928. The maximum Gasteiger partial charge on any atom is 0.190 e. The van der Waals surface area contributed by atoms with Gasteiger partial charge in [-0.05, 0) is 6.92 Å². The SMILES string of the molecule is Cc1[nH]cnc1/C(N)=N/O. The number of rotatable bonds is 1. The minimum Gasteiger partial charge on any atom is -0.409 e. The van der Waals surface area contributed by atoms with Crippen molar-refractivity contribution < 1.29 is 5.21 Å². The van der Waals surface area contributed by atoms with Gasteiger partial charge in [0.05, 0.1) is 6.33 Å². The fourth-order valence-corrected chi connectivity index (χ4v) is 0.664. The lowest BCUT2D eigenvalue weighted by Crippen LogP contribution is -2.14. The van der Waals surface area contributed by atoms with Crippen LogP contribution in [0.5, 0.6) is 0 Å². The summed E-state index contributed by atoms with van der Waals surface area (Å²) in [5, 5.41) is 11.0. The number of aromatic amines is 1. The van der Waals surface area contributed by atoms with Crippen LogP contribution in [-0.4, -0.2) is 21.0 Å². The van der Waals surface area contributed by atoms with Gasteiger partial charge < -0.3 is 15.9 Å². The van der Waals surface area contributed by atoms with Gasteiger partial charge in [0.25, 0.3) is 0 Å². The zero-order valence-electron chi connectivity index (χ0n) is 5.50. The Kier molecular flexibility index (Phi) is 1.57. The Bertz CT molecular complexity index is 252. The molecule has 54 valence electrons. The van der Waals surface area contributed by atoms with E-state index in [0.717, 1.165) is 5.69 Å². The van der Waals surface area contributed by atoms with Crippen LogP contribution in [0.25, 0.3) is 0 Å². The highest BCUT2D eigenvalue weighted by atomic mass is 16.4. The highest BCUT2D eigenvalue weighted by Gasteiger charge is 2.04. The van der Waals surface area contributed by atoms with E-state index < -0.39 is 0 Å². The third-order valence-corrected chi connectivity index (χ3v) is 1.18. The number of nitrogens with zero attached hydrogens (tertiary/aromatic N) is 2. The normalized spacial score (nSPS) is 11.9. The van der Waals surface area contributed by atoms with Crippen LogP contribution in [0.3, 0.4) is 0 Å². The van der Waals surface area contributed by atoms with E-state index in [4.69, 9.17) is 10.9 Å². The molecule has 0 saturated carbocycles. The van der Waals surface area contributed by atoms with E-state index in [1.165, 1.54) is 6.33 Å². The van der Waals surface area contributed by atoms with Gasteiger partial charge in [0.15, 0.2) is 5.84 Å². The molecule has 0 aliphatic rings. The minimum atomic E-state index is 0.0266. The molecule has 0 aliphatic heterocycles. The molecular weight excluding hydrogens is 132 g/mol. The topological polar surface area (TPSA) is 87.3 Å². The molecule has 0 aliphatic carbocycles. The van der Waals surface area contributed by atoms with Gasteiger partial charge in [0, 0.05) is 5.69 Å². The number of nitrogens with one attached hydrogen (secondary N) is 1. The lowest BCUT2D eigenvalue weighted by atomic mass is 10.3. The molecule has 10 heavy (non-hydrogen) atoms. The number of hydrogen-bond donors (Lipinski definition) is 3. The highest BCUT2D eigenvalue weighted by Crippen LogP contribution is 1.98. The first kappa shape index (κ1) is 6.60. The number of imidazole rings is 1. The van der Waals surface area contributed by atoms with Crippen LogP contribution >= 0.6 is 0 Å². The molecule has 0 atom stereocenters. The number of amidine groups is 1. The summed E-state index contributed by atoms with van der Waals surface area (Å²) in [6.07, 6.45) is 1.49. The van der Waals surface area contributed by atoms with Crippen molar-refractivity contribution in [2.45, 2.75) is 6.92 Å². The summed E-state index contributed by atoms with van der Waals surface area (Å²) in [6.45, 7) is 1.79. The van der Waals surface area contributed by atoms with Gasteiger partial charge >= 0.3 is 0 Å². The van der Waals surface area contributed by atoms with Crippen molar-refractivity contribution in [1.29, 1.82) is 0 Å². The van der Waals surface area contributed by atoms with E-state index >= 15 is 0 Å². The standard InChI is InChI=1S/C5H8N4O/c1-3-4(5(6)9-10)8-2-7-3/h2,10H,1H3,(H2,6,9)(H,7,8). The molecule has 0 saturated heterocycles. The molecule has 4 N–H and O–H groups in total. The summed E-state index contributed by atoms with van der Waals surface area (Å²) in [5.41, 5.74) is 6.53. The van der Waals surface area contributed by atoms with Crippen LogP contribution in [0.1, 0.15) is 11.4 Å². The molecular formula is C5H8N4O. The van der Waals surface area contributed by atoms with Crippen LogP contribution in [0, 0.1) is 6.92 Å². The fraction of sp³-hybridized carbons (Fsp3) is 0.200. The second kappa shape index (κ2) is 2.38. The zero-order chi connectivity index (χ0) is 7.56. The Hall–Kier alpha value is -1.52. The quantitative estimate of drug-likeness (QED) is 0.219. The van der Waals surface area contributed by atoms with Gasteiger partial charge in [0.2, 0.25) is 0 Å². The second-order valence-corrected chi connectivity index (χ2v) is 1.86. The predicted molar refractivity (Wildman–Crippen MR) is 35.8 cm³/mol. The van der Waals surface area contributed by atoms with Gasteiger partial charge in [-0.2, -0.15) is 0 Å². The van der Waals surface area contributed by atoms with E-state index in [9.17, 15) is 0 Å². The summed E-state index contributed by atoms with van der Waals surface area (Å²) in [7, 11) is 0. The molecule has 0 aromatic carbocycles. The van der Waals surface area contributed by atoms with Crippen LogP contribution in [0.2, 0.25) is 0 Å². The maximum absolute atomic E-state index is 8.24. The van der Waals surface area contributed by atoms with E-state index in [1.54, 1.807) is 6.92 Å². The van der Waals surface area contributed by atoms with Crippen molar-refractivity contribution in [3.63, 3.8) is 0 Å². The van der Waals surface area contributed by atoms with Gasteiger partial charge in [-0.25, -0.2) is 4.98 Å². The summed E-state index contributed by atoms with van der Waals surface area (Å²) >= 11 is 0. The Labute approximate surface area is 57.6 Å². The summed E-state index contributed by atoms with van der Waals surface area (Å²) in [5.74, 6) is 0.0266. The first-order valence-electron chi connectivity index (χ1n) is 2.73. The van der Waals surface area contributed by atoms with Gasteiger partial charge in [-0.1, -0.05) is 5.16 Å². The van der Waals surface area contributed by atoms with Crippen molar-refractivity contribution in [3.8, 4) is 0 Å². The molecule has 0 fully saturated rings. The summed E-state index contributed by atoms with van der Waals surface area (Å²) in [4.78, 5) is 6.62. The summed E-state index contributed by atoms with van der Waals surface area (Å²) < 4.78 is 0. The minimum absolute atomic E-state index is 0.0266. The largest absolute Gasteiger partial charge is 0.409 e. The van der Waals surface area contributed by atoms with E-state index in [2.05, 4.69) is 15.1 Å². The molecule has 0 bridgehead atoms. The lowest BCUT2D eigenvalue weighted by molar-refractivity contribution is 0.318. The average molecular weight is 140 g/mol. The van der Waals surface area contributed by atoms with Crippen LogP contribution < -0.4 is 5.73 Å². The van der Waals surface area contributed by atoms with Gasteiger partial charge in [-0.15, -0.1) is 0 Å². The molecule has 0 spiro atoms. The maximum atomic E-state index is 8.24. The molecule has 1 rings (SSSR count). The molecule has 5 nitrogen and oxygen atoms in total. The van der Waals surface area contributed by atoms with E-state index in [1.807, 2.05) is 0 Å². The lowest BCUT2D eigenvalue weighted by Gasteiger charge is -1.91. The first-order chi connectivity index (χ1) is 4.75. The van der Waals surface area contributed by atoms with Crippen LogP contribution in [-0.2, 0) is 0 Å². The number of aryl methyl sites for hydroxylation is 1. The molecule has 1 heterocycles. The van der Waals surface area contributed by atoms with Crippen molar-refractivity contribution in [3.05, 3.63) is 17.7 Å². The molecule has 1 aromatic rings. The Morgan fingerprint density at radius 3 is 3.00 bits per heavy atom. The first-order valence-corrected chi connectivity index (χ1v) is 2.73. The Morgan fingerprint density at radius 1 is 1.90 bits per heavy atom. The van der Waals surface area contributed by atoms with Crippen molar-refractivity contribution >= 4 is 5.84 Å². The van der Waals surface area contributed by atoms with Gasteiger partial charge in [-0.3, -0.25) is 0 Å².